The third-order valence-corrected chi connectivity index (χ3v) is 5.19. The van der Waals surface area contributed by atoms with Gasteiger partial charge in [0.15, 0.2) is 0 Å². The molecule has 0 saturated heterocycles. The molecular weight excluding hydrogens is 256 g/mol. The van der Waals surface area contributed by atoms with Crippen LogP contribution >= 0.6 is 0 Å². The molecule has 0 spiro atoms. The number of methoxy groups -OCH3 is 1. The maximum absolute atomic E-state index is 12.5. The highest BCUT2D eigenvalue weighted by molar-refractivity contribution is 5.84. The van der Waals surface area contributed by atoms with E-state index in [0.29, 0.717) is 11.8 Å². The first-order chi connectivity index (χ1) is 9.17. The summed E-state index contributed by atoms with van der Waals surface area (Å²) in [5.74, 6) is 0.255. The molecular formula is C16H26O4. The Labute approximate surface area is 121 Å². The van der Waals surface area contributed by atoms with Crippen molar-refractivity contribution in [2.24, 2.45) is 35.5 Å². The van der Waals surface area contributed by atoms with Crippen molar-refractivity contribution < 1.29 is 19.1 Å². The van der Waals surface area contributed by atoms with Gasteiger partial charge in [-0.1, -0.05) is 13.8 Å². The van der Waals surface area contributed by atoms with Gasteiger partial charge in [0.1, 0.15) is 5.60 Å². The van der Waals surface area contributed by atoms with Gasteiger partial charge < -0.3 is 9.47 Å². The Bertz CT molecular complexity index is 409. The highest BCUT2D eigenvalue weighted by Crippen LogP contribution is 2.58. The van der Waals surface area contributed by atoms with Crippen molar-refractivity contribution in [1.29, 1.82) is 0 Å². The van der Waals surface area contributed by atoms with E-state index in [1.807, 2.05) is 20.8 Å². The molecule has 6 atom stereocenters. The molecule has 2 rings (SSSR count). The van der Waals surface area contributed by atoms with E-state index in [-0.39, 0.29) is 35.6 Å². The van der Waals surface area contributed by atoms with Crippen molar-refractivity contribution in [1.82, 2.24) is 0 Å². The van der Waals surface area contributed by atoms with Crippen molar-refractivity contribution >= 4 is 11.9 Å². The maximum atomic E-state index is 12.5. The molecule has 0 aliphatic heterocycles. The number of carbonyl (C=O) groups is 2. The lowest BCUT2D eigenvalue weighted by atomic mass is 9.69. The van der Waals surface area contributed by atoms with Crippen LogP contribution in [0.2, 0.25) is 0 Å². The molecule has 0 aromatic rings. The molecule has 2 aliphatic carbocycles. The molecule has 0 amide bonds. The Morgan fingerprint density at radius 3 is 1.80 bits per heavy atom. The van der Waals surface area contributed by atoms with E-state index in [0.717, 1.165) is 6.42 Å². The molecule has 4 heteroatoms. The molecule has 0 heterocycles. The van der Waals surface area contributed by atoms with Crippen LogP contribution in [-0.2, 0) is 19.1 Å². The molecule has 2 aliphatic rings. The lowest BCUT2D eigenvalue weighted by Gasteiger charge is -2.36. The lowest BCUT2D eigenvalue weighted by Crippen LogP contribution is -2.43. The summed E-state index contributed by atoms with van der Waals surface area (Å²) in [7, 11) is 1.40. The van der Waals surface area contributed by atoms with Crippen LogP contribution in [0.5, 0.6) is 0 Å². The van der Waals surface area contributed by atoms with E-state index >= 15 is 0 Å². The topological polar surface area (TPSA) is 52.6 Å². The SMILES string of the molecule is COC(=O)C1C2CC(C(C)C2C)C1C(=O)OC(C)(C)C. The third kappa shape index (κ3) is 2.45. The molecule has 114 valence electrons. The van der Waals surface area contributed by atoms with Gasteiger partial charge in [-0.15, -0.1) is 0 Å². The molecule has 2 bridgehead atoms. The van der Waals surface area contributed by atoms with Gasteiger partial charge in [-0.2, -0.15) is 0 Å². The molecule has 0 aromatic carbocycles. The number of hydrogen-bond donors (Lipinski definition) is 0. The lowest BCUT2D eigenvalue weighted by molar-refractivity contribution is -0.172. The van der Waals surface area contributed by atoms with Gasteiger partial charge in [-0.3, -0.25) is 9.59 Å². The van der Waals surface area contributed by atoms with E-state index in [1.165, 1.54) is 7.11 Å². The van der Waals surface area contributed by atoms with Crippen molar-refractivity contribution in [3.8, 4) is 0 Å². The fraction of sp³-hybridized carbons (Fsp3) is 0.875. The van der Waals surface area contributed by atoms with Gasteiger partial charge in [0.05, 0.1) is 18.9 Å². The maximum Gasteiger partial charge on any atom is 0.310 e. The van der Waals surface area contributed by atoms with E-state index in [9.17, 15) is 9.59 Å². The van der Waals surface area contributed by atoms with Crippen LogP contribution in [0.1, 0.15) is 41.0 Å². The summed E-state index contributed by atoms with van der Waals surface area (Å²) >= 11 is 0. The van der Waals surface area contributed by atoms with Crippen LogP contribution in [0.4, 0.5) is 0 Å². The first-order valence-corrected chi connectivity index (χ1v) is 7.48. The normalized spacial score (nSPS) is 39.7. The number of rotatable bonds is 2. The van der Waals surface area contributed by atoms with Crippen LogP contribution in [-0.4, -0.2) is 24.6 Å². The van der Waals surface area contributed by atoms with Crippen LogP contribution in [0.3, 0.4) is 0 Å². The molecule has 2 saturated carbocycles. The molecule has 0 radical (unpaired) electrons. The summed E-state index contributed by atoms with van der Waals surface area (Å²) in [5, 5.41) is 0. The van der Waals surface area contributed by atoms with Crippen molar-refractivity contribution in [2.45, 2.75) is 46.6 Å². The smallest absolute Gasteiger partial charge is 0.310 e. The van der Waals surface area contributed by atoms with E-state index in [4.69, 9.17) is 9.47 Å². The summed E-state index contributed by atoms with van der Waals surface area (Å²) < 4.78 is 10.5. The number of carbonyl (C=O) groups excluding carboxylic acids is 2. The van der Waals surface area contributed by atoms with Crippen LogP contribution in [0, 0.1) is 35.5 Å². The summed E-state index contributed by atoms with van der Waals surface area (Å²) in [6.45, 7) is 9.93. The number of hydrogen-bond acceptors (Lipinski definition) is 4. The quantitative estimate of drug-likeness (QED) is 0.731. The van der Waals surface area contributed by atoms with Gasteiger partial charge in [0, 0.05) is 0 Å². The Balaban J connectivity index is 2.25. The van der Waals surface area contributed by atoms with Crippen molar-refractivity contribution in [3.05, 3.63) is 0 Å². The molecule has 6 unspecified atom stereocenters. The third-order valence-electron chi connectivity index (χ3n) is 5.19. The monoisotopic (exact) mass is 282 g/mol. The van der Waals surface area contributed by atoms with Gasteiger partial charge in [0.25, 0.3) is 0 Å². The minimum Gasteiger partial charge on any atom is -0.469 e. The predicted molar refractivity (Wildman–Crippen MR) is 74.8 cm³/mol. The fourth-order valence-corrected chi connectivity index (χ4v) is 4.15. The average Bonchev–Trinajstić information content (AvgIpc) is 2.84. The summed E-state index contributed by atoms with van der Waals surface area (Å²) in [5.41, 5.74) is -0.519. The Hall–Kier alpha value is -1.06. The average molecular weight is 282 g/mol. The summed E-state index contributed by atoms with van der Waals surface area (Å²) in [4.78, 5) is 24.6. The first-order valence-electron chi connectivity index (χ1n) is 7.48. The van der Waals surface area contributed by atoms with Crippen LogP contribution < -0.4 is 0 Å². The van der Waals surface area contributed by atoms with Crippen molar-refractivity contribution in [2.75, 3.05) is 7.11 Å². The number of fused-ring (bicyclic) bond motifs is 2. The molecule has 0 aromatic heterocycles. The zero-order valence-electron chi connectivity index (χ0n) is 13.3. The number of esters is 2. The largest absolute Gasteiger partial charge is 0.469 e. The van der Waals surface area contributed by atoms with Gasteiger partial charge in [0.2, 0.25) is 0 Å². The second-order valence-corrected chi connectivity index (χ2v) is 7.39. The zero-order valence-corrected chi connectivity index (χ0v) is 13.3. The summed E-state index contributed by atoms with van der Waals surface area (Å²) in [6, 6.07) is 0. The second kappa shape index (κ2) is 5.05. The zero-order chi connectivity index (χ0) is 15.2. The minimum atomic E-state index is -0.519. The molecule has 2 fully saturated rings. The molecule has 0 N–H and O–H groups in total. The van der Waals surface area contributed by atoms with E-state index in [2.05, 4.69) is 13.8 Å². The van der Waals surface area contributed by atoms with Gasteiger partial charge >= 0.3 is 11.9 Å². The van der Waals surface area contributed by atoms with Gasteiger partial charge in [-0.05, 0) is 50.9 Å². The minimum absolute atomic E-state index is 0.237. The number of ether oxygens (including phenoxy) is 2. The van der Waals surface area contributed by atoms with Crippen LogP contribution in [0.15, 0.2) is 0 Å². The molecule has 20 heavy (non-hydrogen) atoms. The molecule has 4 nitrogen and oxygen atoms in total. The Kier molecular flexibility index (Phi) is 3.87. The van der Waals surface area contributed by atoms with E-state index < -0.39 is 5.60 Å². The standard InChI is InChI=1S/C16H26O4/c1-8-9(2)11-7-10(8)12(14(17)19-6)13(11)15(18)20-16(3,4)5/h8-13H,7H2,1-6H3. The Morgan fingerprint density at radius 1 is 0.950 bits per heavy atom. The second-order valence-electron chi connectivity index (χ2n) is 7.39. The van der Waals surface area contributed by atoms with Crippen molar-refractivity contribution in [3.63, 3.8) is 0 Å². The van der Waals surface area contributed by atoms with Crippen LogP contribution in [0.25, 0.3) is 0 Å². The highest BCUT2D eigenvalue weighted by Gasteiger charge is 2.61. The highest BCUT2D eigenvalue weighted by atomic mass is 16.6. The first kappa shape index (κ1) is 15.3. The summed E-state index contributed by atoms with van der Waals surface area (Å²) in [6.07, 6.45) is 0.937. The van der Waals surface area contributed by atoms with E-state index in [1.54, 1.807) is 0 Å². The van der Waals surface area contributed by atoms with Gasteiger partial charge in [-0.25, -0.2) is 0 Å². The Morgan fingerprint density at radius 2 is 1.40 bits per heavy atom. The fourth-order valence-electron chi connectivity index (χ4n) is 4.15. The predicted octanol–water partition coefficient (Wildman–Crippen LogP) is 2.66.